The van der Waals surface area contributed by atoms with E-state index in [1.165, 1.54) is 26.4 Å². The minimum absolute atomic E-state index is 0.0320. The molecule has 0 bridgehead atoms. The van der Waals surface area contributed by atoms with Crippen molar-refractivity contribution < 1.29 is 19.2 Å². The molecule has 1 atom stereocenters. The first-order valence-corrected chi connectivity index (χ1v) is 7.72. The molecule has 2 rings (SSSR count). The lowest BCUT2D eigenvalue weighted by atomic mass is 10.1. The summed E-state index contributed by atoms with van der Waals surface area (Å²) in [5.41, 5.74) is 0.530. The monoisotopic (exact) mass is 364 g/mol. The van der Waals surface area contributed by atoms with E-state index < -0.39 is 16.9 Å². The molecule has 2 aromatic carbocycles. The van der Waals surface area contributed by atoms with Crippen LogP contribution >= 0.6 is 11.6 Å². The molecule has 132 valence electrons. The molecular weight excluding hydrogens is 348 g/mol. The van der Waals surface area contributed by atoms with Gasteiger partial charge in [-0.15, -0.1) is 0 Å². The van der Waals surface area contributed by atoms with Gasteiger partial charge in [0, 0.05) is 17.7 Å². The third-order valence-electron chi connectivity index (χ3n) is 3.66. The third-order valence-corrected chi connectivity index (χ3v) is 3.99. The highest BCUT2D eigenvalue weighted by molar-refractivity contribution is 6.33. The lowest BCUT2D eigenvalue weighted by molar-refractivity contribution is -0.384. The van der Waals surface area contributed by atoms with Gasteiger partial charge in [-0.2, -0.15) is 0 Å². The number of benzene rings is 2. The van der Waals surface area contributed by atoms with Crippen LogP contribution in [0.3, 0.4) is 0 Å². The second-order valence-corrected chi connectivity index (χ2v) is 5.63. The highest BCUT2D eigenvalue weighted by atomic mass is 35.5. The van der Waals surface area contributed by atoms with E-state index in [0.29, 0.717) is 17.1 Å². The van der Waals surface area contributed by atoms with Crippen LogP contribution in [0.5, 0.6) is 11.5 Å². The normalized spacial score (nSPS) is 11.5. The molecule has 0 aromatic heterocycles. The predicted octanol–water partition coefficient (Wildman–Crippen LogP) is 3.76. The van der Waals surface area contributed by atoms with Gasteiger partial charge in [0.1, 0.15) is 11.5 Å². The standard InChI is InChI=1S/C17H17ClN2O5/c1-10(13-9-12(24-2)5-7-16(13)25-3)19-17(21)14-8-11(20(22)23)4-6-15(14)18/h4-10H,1-3H3,(H,19,21). The summed E-state index contributed by atoms with van der Waals surface area (Å²) in [5.74, 6) is 0.676. The number of hydrogen-bond acceptors (Lipinski definition) is 5. The molecule has 0 aliphatic carbocycles. The molecule has 0 fully saturated rings. The maximum absolute atomic E-state index is 12.5. The average Bonchev–Trinajstić information content (AvgIpc) is 2.60. The molecule has 0 aliphatic rings. The summed E-state index contributed by atoms with van der Waals surface area (Å²) < 4.78 is 10.5. The molecular formula is C17H17ClN2O5. The van der Waals surface area contributed by atoms with Crippen molar-refractivity contribution in [3.8, 4) is 11.5 Å². The van der Waals surface area contributed by atoms with E-state index in [9.17, 15) is 14.9 Å². The van der Waals surface area contributed by atoms with Gasteiger partial charge in [-0.05, 0) is 31.2 Å². The Morgan fingerprint density at radius 1 is 1.20 bits per heavy atom. The van der Waals surface area contributed by atoms with E-state index in [-0.39, 0.29) is 16.3 Å². The molecule has 7 nitrogen and oxygen atoms in total. The van der Waals surface area contributed by atoms with Crippen LogP contribution in [0.1, 0.15) is 28.9 Å². The van der Waals surface area contributed by atoms with Crippen molar-refractivity contribution in [3.05, 3.63) is 62.7 Å². The number of hydrogen-bond donors (Lipinski definition) is 1. The maximum atomic E-state index is 12.5. The Morgan fingerprint density at radius 3 is 2.52 bits per heavy atom. The number of halogens is 1. The van der Waals surface area contributed by atoms with Crippen LogP contribution in [0, 0.1) is 10.1 Å². The number of amides is 1. The summed E-state index contributed by atoms with van der Waals surface area (Å²) >= 11 is 6.00. The summed E-state index contributed by atoms with van der Waals surface area (Å²) in [5, 5.41) is 13.8. The minimum atomic E-state index is -0.582. The molecule has 1 N–H and O–H groups in total. The highest BCUT2D eigenvalue weighted by Gasteiger charge is 2.20. The van der Waals surface area contributed by atoms with Crippen molar-refractivity contribution in [2.45, 2.75) is 13.0 Å². The van der Waals surface area contributed by atoms with Gasteiger partial charge in [-0.3, -0.25) is 14.9 Å². The highest BCUT2D eigenvalue weighted by Crippen LogP contribution is 2.30. The second-order valence-electron chi connectivity index (χ2n) is 5.22. The fraction of sp³-hybridized carbons (Fsp3) is 0.235. The van der Waals surface area contributed by atoms with Gasteiger partial charge >= 0.3 is 0 Å². The van der Waals surface area contributed by atoms with Crippen molar-refractivity contribution in [3.63, 3.8) is 0 Å². The Kier molecular flexibility index (Phi) is 5.82. The quantitative estimate of drug-likeness (QED) is 0.622. The van der Waals surface area contributed by atoms with Crippen molar-refractivity contribution in [2.75, 3.05) is 14.2 Å². The van der Waals surface area contributed by atoms with Crippen LogP contribution < -0.4 is 14.8 Å². The molecule has 0 radical (unpaired) electrons. The zero-order chi connectivity index (χ0) is 18.6. The number of carbonyl (C=O) groups excluding carboxylic acids is 1. The van der Waals surface area contributed by atoms with Gasteiger partial charge in [0.2, 0.25) is 0 Å². The molecule has 1 unspecified atom stereocenters. The third kappa shape index (κ3) is 4.19. The molecule has 2 aromatic rings. The second kappa shape index (κ2) is 7.85. The summed E-state index contributed by atoms with van der Waals surface area (Å²) in [6.07, 6.45) is 0. The Labute approximate surface area is 149 Å². The van der Waals surface area contributed by atoms with Gasteiger partial charge < -0.3 is 14.8 Å². The fourth-order valence-corrected chi connectivity index (χ4v) is 2.53. The molecule has 0 spiro atoms. The maximum Gasteiger partial charge on any atom is 0.270 e. The Hall–Kier alpha value is -2.80. The van der Waals surface area contributed by atoms with Crippen molar-refractivity contribution in [1.82, 2.24) is 5.32 Å². The first-order chi connectivity index (χ1) is 11.9. The number of nitrogens with zero attached hydrogens (tertiary/aromatic N) is 1. The summed E-state index contributed by atoms with van der Waals surface area (Å²) in [6, 6.07) is 8.50. The smallest absolute Gasteiger partial charge is 0.270 e. The number of methoxy groups -OCH3 is 2. The summed E-state index contributed by atoms with van der Waals surface area (Å²) in [4.78, 5) is 22.8. The summed E-state index contributed by atoms with van der Waals surface area (Å²) in [7, 11) is 3.06. The molecule has 8 heteroatoms. The van der Waals surface area contributed by atoms with Gasteiger partial charge in [0.15, 0.2) is 0 Å². The number of non-ortho nitro benzene ring substituents is 1. The van der Waals surface area contributed by atoms with E-state index in [0.717, 1.165) is 6.07 Å². The summed E-state index contributed by atoms with van der Waals surface area (Å²) in [6.45, 7) is 1.76. The SMILES string of the molecule is COc1ccc(OC)c(C(C)NC(=O)c2cc([N+](=O)[O-])ccc2Cl)c1. The number of carbonyl (C=O) groups is 1. The van der Waals surface area contributed by atoms with E-state index in [4.69, 9.17) is 21.1 Å². The molecule has 0 saturated carbocycles. The van der Waals surface area contributed by atoms with Crippen LogP contribution in [0.2, 0.25) is 5.02 Å². The molecule has 1 amide bonds. The number of nitrogens with one attached hydrogen (secondary N) is 1. The van der Waals surface area contributed by atoms with Crippen LogP contribution in [-0.4, -0.2) is 25.1 Å². The lowest BCUT2D eigenvalue weighted by Crippen LogP contribution is -2.27. The van der Waals surface area contributed by atoms with Crippen LogP contribution in [0.15, 0.2) is 36.4 Å². The predicted molar refractivity (Wildman–Crippen MR) is 93.5 cm³/mol. The number of ether oxygens (including phenoxy) is 2. The van der Waals surface area contributed by atoms with E-state index in [2.05, 4.69) is 5.32 Å². The molecule has 0 saturated heterocycles. The van der Waals surface area contributed by atoms with Gasteiger partial charge in [-0.25, -0.2) is 0 Å². The van der Waals surface area contributed by atoms with Crippen molar-refractivity contribution in [2.24, 2.45) is 0 Å². The molecule has 0 heterocycles. The average molecular weight is 365 g/mol. The van der Waals surface area contributed by atoms with Crippen molar-refractivity contribution in [1.29, 1.82) is 0 Å². The lowest BCUT2D eigenvalue weighted by Gasteiger charge is -2.18. The van der Waals surface area contributed by atoms with Crippen LogP contribution in [-0.2, 0) is 0 Å². The first-order valence-electron chi connectivity index (χ1n) is 7.34. The Balaban J connectivity index is 2.29. The van der Waals surface area contributed by atoms with Crippen LogP contribution in [0.4, 0.5) is 5.69 Å². The number of rotatable bonds is 6. The minimum Gasteiger partial charge on any atom is -0.497 e. The van der Waals surface area contributed by atoms with Gasteiger partial charge in [0.25, 0.3) is 11.6 Å². The number of nitro groups is 1. The molecule has 0 aliphatic heterocycles. The van der Waals surface area contributed by atoms with E-state index in [1.54, 1.807) is 25.1 Å². The van der Waals surface area contributed by atoms with Gasteiger partial charge in [0.05, 0.1) is 35.8 Å². The Morgan fingerprint density at radius 2 is 1.92 bits per heavy atom. The van der Waals surface area contributed by atoms with Crippen molar-refractivity contribution >= 4 is 23.2 Å². The first kappa shape index (κ1) is 18.5. The van der Waals surface area contributed by atoms with E-state index in [1.807, 2.05) is 0 Å². The fourth-order valence-electron chi connectivity index (χ4n) is 2.33. The van der Waals surface area contributed by atoms with Crippen LogP contribution in [0.25, 0.3) is 0 Å². The van der Waals surface area contributed by atoms with E-state index >= 15 is 0 Å². The molecule has 25 heavy (non-hydrogen) atoms. The zero-order valence-corrected chi connectivity index (χ0v) is 14.7. The Bertz CT molecular complexity index is 810. The number of nitro benzene ring substituents is 1. The largest absolute Gasteiger partial charge is 0.497 e. The zero-order valence-electron chi connectivity index (χ0n) is 13.9. The van der Waals surface area contributed by atoms with Gasteiger partial charge in [-0.1, -0.05) is 11.6 Å². The topological polar surface area (TPSA) is 90.7 Å².